The van der Waals surface area contributed by atoms with E-state index in [0.29, 0.717) is 19.1 Å². The number of likely N-dealkylation sites (tertiary alicyclic amines) is 1. The van der Waals surface area contributed by atoms with Crippen LogP contribution in [0, 0.1) is 17.8 Å². The van der Waals surface area contributed by atoms with E-state index >= 15 is 0 Å². The van der Waals surface area contributed by atoms with E-state index in [-0.39, 0.29) is 6.10 Å². The van der Waals surface area contributed by atoms with E-state index in [4.69, 9.17) is 10.5 Å². The minimum Gasteiger partial charge on any atom is -0.492 e. The summed E-state index contributed by atoms with van der Waals surface area (Å²) < 4.78 is 5.75. The molecule has 1 aromatic rings. The number of nitrogens with zero attached hydrogens (tertiary/aromatic N) is 1. The molecule has 1 heterocycles. The quantitative estimate of drug-likeness (QED) is 0.814. The Morgan fingerprint density at radius 3 is 2.81 bits per heavy atom. The van der Waals surface area contributed by atoms with Crippen molar-refractivity contribution >= 4 is 0 Å². The number of ether oxygens (including phenoxy) is 1. The second-order valence-electron chi connectivity index (χ2n) is 5.51. The van der Waals surface area contributed by atoms with Crippen molar-refractivity contribution in [1.29, 1.82) is 0 Å². The molecule has 0 aliphatic carbocycles. The Hall–Kier alpha value is -1.54. The highest BCUT2D eigenvalue weighted by molar-refractivity contribution is 5.38. The number of hydrogen-bond acceptors (Lipinski definition) is 4. The summed E-state index contributed by atoms with van der Waals surface area (Å²) in [6.45, 7) is 5.92. The van der Waals surface area contributed by atoms with Gasteiger partial charge in [0.1, 0.15) is 12.4 Å². The lowest BCUT2D eigenvalue weighted by Crippen LogP contribution is -2.43. The van der Waals surface area contributed by atoms with Crippen LogP contribution in [0.25, 0.3) is 0 Å². The molecule has 0 bridgehead atoms. The second kappa shape index (κ2) is 8.04. The molecular formula is C17H24N2O2. The van der Waals surface area contributed by atoms with Crippen LogP contribution in [0.3, 0.4) is 0 Å². The molecule has 1 saturated heterocycles. The maximum atomic E-state index is 9.71. The highest BCUT2D eigenvalue weighted by Crippen LogP contribution is 2.16. The van der Waals surface area contributed by atoms with Gasteiger partial charge in [0.05, 0.1) is 12.6 Å². The zero-order valence-corrected chi connectivity index (χ0v) is 12.6. The Morgan fingerprint density at radius 1 is 1.38 bits per heavy atom. The third-order valence-corrected chi connectivity index (χ3v) is 3.81. The van der Waals surface area contributed by atoms with Gasteiger partial charge in [0.2, 0.25) is 0 Å². The van der Waals surface area contributed by atoms with E-state index in [1.165, 1.54) is 0 Å². The van der Waals surface area contributed by atoms with Gasteiger partial charge in [0, 0.05) is 25.2 Å². The van der Waals surface area contributed by atoms with E-state index in [9.17, 15) is 5.11 Å². The van der Waals surface area contributed by atoms with Gasteiger partial charge in [0.15, 0.2) is 0 Å². The molecule has 3 N–H and O–H groups in total. The number of aliphatic hydroxyl groups is 1. The maximum Gasteiger partial charge on any atom is 0.119 e. The van der Waals surface area contributed by atoms with Crippen molar-refractivity contribution in [3.8, 4) is 17.6 Å². The van der Waals surface area contributed by atoms with Crippen LogP contribution in [0.4, 0.5) is 0 Å². The summed E-state index contributed by atoms with van der Waals surface area (Å²) in [5.41, 5.74) is 6.29. The molecule has 0 spiro atoms. The van der Waals surface area contributed by atoms with Crippen LogP contribution in [0.1, 0.15) is 18.9 Å². The van der Waals surface area contributed by atoms with E-state index < -0.39 is 0 Å². The Morgan fingerprint density at radius 2 is 2.14 bits per heavy atom. The van der Waals surface area contributed by atoms with Gasteiger partial charge in [-0.15, -0.1) is 0 Å². The molecule has 0 saturated carbocycles. The van der Waals surface area contributed by atoms with Gasteiger partial charge in [-0.25, -0.2) is 0 Å². The average molecular weight is 288 g/mol. The standard InChI is InChI=1S/C17H24N2O2/c1-14-13-19(10-8-17(14)20)11-12-21-16-6-4-15(5-7-16)3-2-9-18/h4-7,14,17,20H,8-13,18H2,1H3. The lowest BCUT2D eigenvalue weighted by Gasteiger charge is -2.34. The van der Waals surface area contributed by atoms with Crippen molar-refractivity contribution in [3.63, 3.8) is 0 Å². The molecule has 2 unspecified atom stereocenters. The Kier molecular flexibility index (Phi) is 6.06. The van der Waals surface area contributed by atoms with Crippen molar-refractivity contribution in [2.45, 2.75) is 19.4 Å². The fraction of sp³-hybridized carbons (Fsp3) is 0.529. The molecule has 114 valence electrons. The maximum absolute atomic E-state index is 9.71. The van der Waals surface area contributed by atoms with Crippen molar-refractivity contribution < 1.29 is 9.84 Å². The SMILES string of the molecule is CC1CN(CCOc2ccc(C#CCN)cc2)CCC1O. The molecule has 2 atom stereocenters. The van der Waals surface area contributed by atoms with Gasteiger partial charge in [0.25, 0.3) is 0 Å². The number of rotatable bonds is 4. The smallest absolute Gasteiger partial charge is 0.119 e. The van der Waals surface area contributed by atoms with Crippen LogP contribution in [0.5, 0.6) is 5.75 Å². The Balaban J connectivity index is 1.73. The van der Waals surface area contributed by atoms with Crippen molar-refractivity contribution in [1.82, 2.24) is 4.90 Å². The van der Waals surface area contributed by atoms with Crippen LogP contribution in [0.2, 0.25) is 0 Å². The largest absolute Gasteiger partial charge is 0.492 e. The monoisotopic (exact) mass is 288 g/mol. The van der Waals surface area contributed by atoms with E-state index in [2.05, 4.69) is 23.7 Å². The topological polar surface area (TPSA) is 58.7 Å². The summed E-state index contributed by atoms with van der Waals surface area (Å²) in [5, 5.41) is 9.71. The summed E-state index contributed by atoms with van der Waals surface area (Å²) >= 11 is 0. The van der Waals surface area contributed by atoms with Crippen molar-refractivity contribution in [2.24, 2.45) is 11.7 Å². The molecule has 1 fully saturated rings. The molecule has 1 aromatic carbocycles. The normalized spacial score (nSPS) is 22.4. The fourth-order valence-electron chi connectivity index (χ4n) is 2.50. The second-order valence-corrected chi connectivity index (χ2v) is 5.51. The molecule has 21 heavy (non-hydrogen) atoms. The minimum atomic E-state index is -0.149. The average Bonchev–Trinajstić information content (AvgIpc) is 2.50. The first-order valence-electron chi connectivity index (χ1n) is 7.51. The van der Waals surface area contributed by atoms with Gasteiger partial charge in [-0.05, 0) is 36.6 Å². The summed E-state index contributed by atoms with van der Waals surface area (Å²) in [6.07, 6.45) is 0.708. The van der Waals surface area contributed by atoms with Crippen molar-refractivity contribution in [3.05, 3.63) is 29.8 Å². The molecule has 2 rings (SSSR count). The first-order valence-corrected chi connectivity index (χ1v) is 7.51. The predicted molar refractivity (Wildman–Crippen MR) is 84.1 cm³/mol. The van der Waals surface area contributed by atoms with Crippen LogP contribution in [-0.4, -0.2) is 48.9 Å². The summed E-state index contributed by atoms with van der Waals surface area (Å²) in [5.74, 6) is 7.02. The van der Waals surface area contributed by atoms with Crippen LogP contribution < -0.4 is 10.5 Å². The highest BCUT2D eigenvalue weighted by atomic mass is 16.5. The third-order valence-electron chi connectivity index (χ3n) is 3.81. The van der Waals surface area contributed by atoms with Gasteiger partial charge in [-0.2, -0.15) is 0 Å². The number of aliphatic hydroxyl groups excluding tert-OH is 1. The van der Waals surface area contributed by atoms with E-state index in [0.717, 1.165) is 37.4 Å². The molecule has 0 aromatic heterocycles. The summed E-state index contributed by atoms with van der Waals surface area (Å²) in [6, 6.07) is 7.75. The number of benzene rings is 1. The van der Waals surface area contributed by atoms with Crippen LogP contribution >= 0.6 is 0 Å². The minimum absolute atomic E-state index is 0.149. The molecule has 4 heteroatoms. The van der Waals surface area contributed by atoms with Gasteiger partial charge >= 0.3 is 0 Å². The van der Waals surface area contributed by atoms with Gasteiger partial charge < -0.3 is 15.6 Å². The molecule has 1 aliphatic rings. The molecule has 4 nitrogen and oxygen atoms in total. The van der Waals surface area contributed by atoms with Crippen LogP contribution in [-0.2, 0) is 0 Å². The summed E-state index contributed by atoms with van der Waals surface area (Å²) in [4.78, 5) is 2.35. The van der Waals surface area contributed by atoms with Crippen molar-refractivity contribution in [2.75, 3.05) is 32.8 Å². The first kappa shape index (κ1) is 15.8. The predicted octanol–water partition coefficient (Wildman–Crippen LogP) is 1.08. The number of nitrogens with two attached hydrogens (primary N) is 1. The number of piperidine rings is 1. The molecule has 1 aliphatic heterocycles. The van der Waals surface area contributed by atoms with Gasteiger partial charge in [-0.1, -0.05) is 18.8 Å². The zero-order valence-electron chi connectivity index (χ0n) is 12.6. The highest BCUT2D eigenvalue weighted by Gasteiger charge is 2.23. The lowest BCUT2D eigenvalue weighted by atomic mass is 9.97. The first-order chi connectivity index (χ1) is 10.2. The third kappa shape index (κ3) is 5.05. The Labute approximate surface area is 126 Å². The summed E-state index contributed by atoms with van der Waals surface area (Å²) in [7, 11) is 0. The number of hydrogen-bond donors (Lipinski definition) is 2. The van der Waals surface area contributed by atoms with E-state index in [1.807, 2.05) is 24.3 Å². The molecule has 0 amide bonds. The zero-order chi connectivity index (χ0) is 15.1. The Bertz CT molecular complexity index is 490. The van der Waals surface area contributed by atoms with Gasteiger partial charge in [-0.3, -0.25) is 4.90 Å². The van der Waals surface area contributed by atoms with E-state index in [1.54, 1.807) is 0 Å². The molecule has 0 radical (unpaired) electrons. The molecular weight excluding hydrogens is 264 g/mol. The van der Waals surface area contributed by atoms with Crippen LogP contribution in [0.15, 0.2) is 24.3 Å². The fourth-order valence-corrected chi connectivity index (χ4v) is 2.50. The lowest BCUT2D eigenvalue weighted by molar-refractivity contribution is 0.0304.